The molecule has 1 saturated carbocycles. The number of fused-ring (bicyclic) bond motifs is 1. The molecule has 1 aliphatic rings. The average molecular weight is 187 g/mol. The van der Waals surface area contributed by atoms with Crippen molar-refractivity contribution >= 4 is 5.52 Å². The lowest BCUT2D eigenvalue weighted by Gasteiger charge is -2.09. The third-order valence-electron chi connectivity index (χ3n) is 2.96. The average Bonchev–Trinajstić information content (AvgIpc) is 2.95. The van der Waals surface area contributed by atoms with Crippen LogP contribution in [0.25, 0.3) is 5.52 Å². The molecular formula is C12H13NO. The maximum absolute atomic E-state index is 9.95. The molecule has 0 radical (unpaired) electrons. The molecule has 2 heteroatoms. The molecule has 1 aliphatic carbocycles. The van der Waals surface area contributed by atoms with E-state index in [-0.39, 0.29) is 6.10 Å². The molecule has 72 valence electrons. The topological polar surface area (TPSA) is 24.6 Å². The molecule has 1 unspecified atom stereocenters. The zero-order chi connectivity index (χ0) is 9.54. The summed E-state index contributed by atoms with van der Waals surface area (Å²) in [5.74, 6) is 0.507. The summed E-state index contributed by atoms with van der Waals surface area (Å²) in [5, 5.41) is 9.95. The highest BCUT2D eigenvalue weighted by Gasteiger charge is 2.30. The predicted octanol–water partition coefficient (Wildman–Crippen LogP) is 2.38. The highest BCUT2D eigenvalue weighted by Crippen LogP contribution is 2.40. The van der Waals surface area contributed by atoms with Gasteiger partial charge in [-0.15, -0.1) is 0 Å². The smallest absolute Gasteiger partial charge is 0.0819 e. The quantitative estimate of drug-likeness (QED) is 0.767. The van der Waals surface area contributed by atoms with Crippen LogP contribution in [0.2, 0.25) is 0 Å². The van der Waals surface area contributed by atoms with Gasteiger partial charge < -0.3 is 9.51 Å². The van der Waals surface area contributed by atoms with Gasteiger partial charge in [-0.2, -0.15) is 0 Å². The van der Waals surface area contributed by atoms with E-state index < -0.39 is 0 Å². The predicted molar refractivity (Wildman–Crippen MR) is 55.1 cm³/mol. The van der Waals surface area contributed by atoms with Crippen molar-refractivity contribution in [1.82, 2.24) is 4.40 Å². The molecule has 0 saturated heterocycles. The normalized spacial score (nSPS) is 18.6. The van der Waals surface area contributed by atoms with Gasteiger partial charge in [0.05, 0.1) is 6.10 Å². The highest BCUT2D eigenvalue weighted by atomic mass is 16.3. The maximum atomic E-state index is 9.95. The van der Waals surface area contributed by atoms with Crippen LogP contribution >= 0.6 is 0 Å². The van der Waals surface area contributed by atoms with Crippen LogP contribution in [0.1, 0.15) is 24.5 Å². The molecule has 2 aromatic heterocycles. The van der Waals surface area contributed by atoms with Crippen molar-refractivity contribution < 1.29 is 5.11 Å². The molecule has 2 nitrogen and oxygen atoms in total. The molecule has 0 amide bonds. The summed E-state index contributed by atoms with van der Waals surface area (Å²) in [6, 6.07) is 8.16. The number of aromatic nitrogens is 1. The number of aliphatic hydroxyl groups is 1. The van der Waals surface area contributed by atoms with Gasteiger partial charge in [0, 0.05) is 17.9 Å². The van der Waals surface area contributed by atoms with E-state index in [4.69, 9.17) is 0 Å². The van der Waals surface area contributed by atoms with Gasteiger partial charge in [-0.1, -0.05) is 0 Å². The molecule has 0 aliphatic heterocycles. The van der Waals surface area contributed by atoms with E-state index in [1.807, 2.05) is 24.5 Å². The Kier molecular flexibility index (Phi) is 1.64. The first-order valence-corrected chi connectivity index (χ1v) is 5.09. The van der Waals surface area contributed by atoms with Crippen LogP contribution < -0.4 is 0 Å². The third kappa shape index (κ3) is 1.23. The molecule has 2 aromatic rings. The Morgan fingerprint density at radius 1 is 1.29 bits per heavy atom. The van der Waals surface area contributed by atoms with E-state index in [1.54, 1.807) is 0 Å². The number of nitrogens with zero attached hydrogens (tertiary/aromatic N) is 1. The lowest BCUT2D eigenvalue weighted by atomic mass is 10.1. The molecule has 2 heterocycles. The molecule has 3 rings (SSSR count). The van der Waals surface area contributed by atoms with Crippen molar-refractivity contribution in [1.29, 1.82) is 0 Å². The summed E-state index contributed by atoms with van der Waals surface area (Å²) < 4.78 is 2.06. The van der Waals surface area contributed by atoms with Crippen molar-refractivity contribution in [2.75, 3.05) is 0 Å². The van der Waals surface area contributed by atoms with Crippen LogP contribution in [0.5, 0.6) is 0 Å². The first-order chi connectivity index (χ1) is 6.84. The van der Waals surface area contributed by atoms with E-state index in [0.29, 0.717) is 5.92 Å². The summed E-state index contributed by atoms with van der Waals surface area (Å²) in [7, 11) is 0. The molecular weight excluding hydrogens is 174 g/mol. The van der Waals surface area contributed by atoms with Crippen LogP contribution in [0.15, 0.2) is 36.7 Å². The Labute approximate surface area is 82.8 Å². The van der Waals surface area contributed by atoms with E-state index >= 15 is 0 Å². The van der Waals surface area contributed by atoms with Crippen molar-refractivity contribution in [3.63, 3.8) is 0 Å². The number of pyridine rings is 1. The molecule has 1 atom stereocenters. The largest absolute Gasteiger partial charge is 0.388 e. The molecule has 1 fully saturated rings. The molecule has 0 bridgehead atoms. The highest BCUT2D eigenvalue weighted by molar-refractivity contribution is 5.50. The van der Waals surface area contributed by atoms with Gasteiger partial charge in [0.1, 0.15) is 0 Å². The lowest BCUT2D eigenvalue weighted by molar-refractivity contribution is 0.154. The molecule has 0 aromatic carbocycles. The minimum Gasteiger partial charge on any atom is -0.388 e. The zero-order valence-electron chi connectivity index (χ0n) is 7.93. The van der Waals surface area contributed by atoms with E-state index in [1.165, 1.54) is 12.8 Å². The van der Waals surface area contributed by atoms with Crippen LogP contribution in [0, 0.1) is 5.92 Å². The molecule has 14 heavy (non-hydrogen) atoms. The molecule has 0 spiro atoms. The lowest BCUT2D eigenvalue weighted by Crippen LogP contribution is -1.99. The number of rotatable bonds is 2. The maximum Gasteiger partial charge on any atom is 0.0819 e. The minimum absolute atomic E-state index is 0.255. The second-order valence-electron chi connectivity index (χ2n) is 4.08. The second-order valence-corrected chi connectivity index (χ2v) is 4.08. The van der Waals surface area contributed by atoms with Crippen LogP contribution in [-0.4, -0.2) is 9.51 Å². The van der Waals surface area contributed by atoms with Gasteiger partial charge in [-0.05, 0) is 48.6 Å². The zero-order valence-corrected chi connectivity index (χ0v) is 7.93. The summed E-state index contributed by atoms with van der Waals surface area (Å²) >= 11 is 0. The fourth-order valence-electron chi connectivity index (χ4n) is 1.92. The Morgan fingerprint density at radius 2 is 2.14 bits per heavy atom. The number of aliphatic hydroxyl groups excluding tert-OH is 1. The summed E-state index contributed by atoms with van der Waals surface area (Å²) in [6.07, 6.45) is 6.12. The van der Waals surface area contributed by atoms with E-state index in [0.717, 1.165) is 11.1 Å². The van der Waals surface area contributed by atoms with Gasteiger partial charge in [-0.25, -0.2) is 0 Å². The van der Waals surface area contributed by atoms with E-state index in [9.17, 15) is 5.11 Å². The standard InChI is InChI=1S/C12H13NO/c14-12(9-3-4-9)10-5-7-13-6-1-2-11(13)8-10/h1-2,5-9,12,14H,3-4H2. The van der Waals surface area contributed by atoms with Gasteiger partial charge in [-0.3, -0.25) is 0 Å². The number of hydrogen-bond acceptors (Lipinski definition) is 1. The van der Waals surface area contributed by atoms with Crippen LogP contribution in [0.4, 0.5) is 0 Å². The molecule has 1 N–H and O–H groups in total. The minimum atomic E-state index is -0.255. The van der Waals surface area contributed by atoms with Crippen molar-refractivity contribution in [3.8, 4) is 0 Å². The summed E-state index contributed by atoms with van der Waals surface area (Å²) in [4.78, 5) is 0. The Bertz CT molecular complexity index is 456. The van der Waals surface area contributed by atoms with Gasteiger partial charge in [0.15, 0.2) is 0 Å². The Morgan fingerprint density at radius 3 is 2.93 bits per heavy atom. The Hall–Kier alpha value is -1.28. The Balaban J connectivity index is 2.03. The van der Waals surface area contributed by atoms with Crippen LogP contribution in [-0.2, 0) is 0 Å². The van der Waals surface area contributed by atoms with Crippen molar-refractivity contribution in [2.45, 2.75) is 18.9 Å². The SMILES string of the molecule is OC(c1ccn2cccc2c1)C1CC1. The second kappa shape index (κ2) is 2.85. The van der Waals surface area contributed by atoms with Gasteiger partial charge >= 0.3 is 0 Å². The van der Waals surface area contributed by atoms with Crippen molar-refractivity contribution in [3.05, 3.63) is 42.2 Å². The first kappa shape index (κ1) is 8.06. The first-order valence-electron chi connectivity index (χ1n) is 5.09. The summed E-state index contributed by atoms with van der Waals surface area (Å²) in [6.45, 7) is 0. The van der Waals surface area contributed by atoms with Crippen LogP contribution in [0.3, 0.4) is 0 Å². The monoisotopic (exact) mass is 187 g/mol. The summed E-state index contributed by atoms with van der Waals surface area (Å²) in [5.41, 5.74) is 2.21. The fraction of sp³-hybridized carbons (Fsp3) is 0.333. The van der Waals surface area contributed by atoms with E-state index in [2.05, 4.69) is 16.5 Å². The van der Waals surface area contributed by atoms with Gasteiger partial charge in [0.25, 0.3) is 0 Å². The van der Waals surface area contributed by atoms with Crippen molar-refractivity contribution in [2.24, 2.45) is 5.92 Å². The fourth-order valence-corrected chi connectivity index (χ4v) is 1.92. The van der Waals surface area contributed by atoms with Gasteiger partial charge in [0.2, 0.25) is 0 Å². The third-order valence-corrected chi connectivity index (χ3v) is 2.96. The number of hydrogen-bond donors (Lipinski definition) is 1.